The number of thiophene rings is 1. The predicted molar refractivity (Wildman–Crippen MR) is 175 cm³/mol. The maximum absolute atomic E-state index is 6.28. The molecule has 0 saturated heterocycles. The minimum atomic E-state index is -0.210. The van der Waals surface area contributed by atoms with Gasteiger partial charge in [0.25, 0.3) is 0 Å². The summed E-state index contributed by atoms with van der Waals surface area (Å²) in [6, 6.07) is 45.0. The molecule has 3 heterocycles. The topological polar surface area (TPSA) is 49.6 Å². The van der Waals surface area contributed by atoms with Crippen LogP contribution in [0, 0.1) is 0 Å². The lowest BCUT2D eigenvalue weighted by molar-refractivity contribution is 0.409. The van der Waals surface area contributed by atoms with Crippen molar-refractivity contribution < 1.29 is 4.42 Å². The molecule has 0 bridgehead atoms. The molecule has 6 aromatic carbocycles. The number of rotatable bonds is 3. The fraction of sp³-hybridized carbons (Fsp3) is 0.0541. The Bertz CT molecular complexity index is 2330. The zero-order valence-electron chi connectivity index (χ0n) is 22.5. The Morgan fingerprint density at radius 2 is 1.38 bits per heavy atom. The molecule has 42 heavy (non-hydrogen) atoms. The summed E-state index contributed by atoms with van der Waals surface area (Å²) in [4.78, 5) is 5.26. The third-order valence-electron chi connectivity index (χ3n) is 8.35. The second-order valence-electron chi connectivity index (χ2n) is 10.9. The lowest BCUT2D eigenvalue weighted by Gasteiger charge is -2.32. The van der Waals surface area contributed by atoms with Gasteiger partial charge in [-0.2, -0.15) is 0 Å². The largest absolute Gasteiger partial charge is 0.456 e. The van der Waals surface area contributed by atoms with Gasteiger partial charge in [-0.05, 0) is 58.3 Å². The number of amidine groups is 1. The summed E-state index contributed by atoms with van der Waals surface area (Å²) in [7, 11) is 0. The summed E-state index contributed by atoms with van der Waals surface area (Å²) in [5, 5.41) is 14.7. The number of hydrogen-bond donors (Lipinski definition) is 2. The van der Waals surface area contributed by atoms with Crippen LogP contribution in [-0.4, -0.2) is 5.84 Å². The Balaban J connectivity index is 1.20. The van der Waals surface area contributed by atoms with Crippen LogP contribution in [0.3, 0.4) is 0 Å². The van der Waals surface area contributed by atoms with E-state index in [4.69, 9.17) is 9.41 Å². The molecule has 2 N–H and O–H groups in total. The van der Waals surface area contributed by atoms with E-state index in [1.165, 1.54) is 36.5 Å². The van der Waals surface area contributed by atoms with Crippen LogP contribution in [0.5, 0.6) is 0 Å². The van der Waals surface area contributed by atoms with Crippen molar-refractivity contribution in [2.75, 3.05) is 0 Å². The zero-order valence-corrected chi connectivity index (χ0v) is 23.4. The Morgan fingerprint density at radius 1 is 0.595 bits per heavy atom. The van der Waals surface area contributed by atoms with E-state index in [0.717, 1.165) is 38.9 Å². The molecule has 2 aromatic heterocycles. The second-order valence-corrected chi connectivity index (χ2v) is 11.9. The molecule has 0 spiro atoms. The third kappa shape index (κ3) is 3.75. The smallest absolute Gasteiger partial charge is 0.136 e. The van der Waals surface area contributed by atoms with E-state index in [0.29, 0.717) is 0 Å². The maximum atomic E-state index is 6.28. The molecule has 0 aliphatic carbocycles. The number of furan rings is 1. The number of benzene rings is 6. The molecule has 0 amide bonds. The van der Waals surface area contributed by atoms with E-state index in [9.17, 15) is 0 Å². The van der Waals surface area contributed by atoms with Crippen molar-refractivity contribution in [2.45, 2.75) is 12.3 Å². The van der Waals surface area contributed by atoms with Gasteiger partial charge in [0.2, 0.25) is 0 Å². The van der Waals surface area contributed by atoms with Crippen LogP contribution in [0.25, 0.3) is 52.9 Å². The molecule has 0 radical (unpaired) electrons. The second kappa shape index (κ2) is 9.28. The van der Waals surface area contributed by atoms with Crippen molar-refractivity contribution in [3.05, 3.63) is 144 Å². The van der Waals surface area contributed by atoms with Crippen LogP contribution >= 0.6 is 11.3 Å². The molecule has 1 aliphatic rings. The third-order valence-corrected chi connectivity index (χ3v) is 9.48. The summed E-state index contributed by atoms with van der Waals surface area (Å²) in [5.41, 5.74) is 5.13. The first-order valence-electron chi connectivity index (χ1n) is 14.2. The lowest BCUT2D eigenvalue weighted by Crippen LogP contribution is -2.44. The summed E-state index contributed by atoms with van der Waals surface area (Å²) >= 11 is 1.84. The monoisotopic (exact) mass is 559 g/mol. The normalized spacial score (nSPS) is 17.3. The molecule has 0 fully saturated rings. The minimum absolute atomic E-state index is 0.0978. The summed E-state index contributed by atoms with van der Waals surface area (Å²) in [5.74, 6) is 0.862. The van der Waals surface area contributed by atoms with Gasteiger partial charge in [-0.25, -0.2) is 4.99 Å². The van der Waals surface area contributed by atoms with Gasteiger partial charge >= 0.3 is 0 Å². The number of aliphatic imine (C=N–C) groups is 1. The highest BCUT2D eigenvalue weighted by atomic mass is 32.1. The van der Waals surface area contributed by atoms with Crippen LogP contribution in [0.2, 0.25) is 0 Å². The fourth-order valence-corrected chi connectivity index (χ4v) is 7.46. The van der Waals surface area contributed by atoms with Gasteiger partial charge in [0.15, 0.2) is 0 Å². The SMILES string of the molecule is c1ccc(C2NC(c3ccc4oc5ccc6ccccc6c5c4c3)=NC(c3ccc4c(c3)sc3ccccc34)N2)cc1. The number of nitrogens with one attached hydrogen (secondary N) is 2. The maximum Gasteiger partial charge on any atom is 0.136 e. The van der Waals surface area contributed by atoms with E-state index in [2.05, 4.69) is 138 Å². The average Bonchev–Trinajstić information content (AvgIpc) is 3.62. The highest BCUT2D eigenvalue weighted by Gasteiger charge is 2.26. The standard InChI is InChI=1S/C37H25N3OS/c1-2-9-23(10-3-1)35-38-36(40-37(39-35)25-14-17-28-27-12-6-7-13-32(27)42-33(28)21-25)24-16-18-30-29(20-24)34-26-11-5-4-8-22(26)15-19-31(34)41-30/h1-21,35,37,39H,(H,38,40). The average molecular weight is 560 g/mol. The van der Waals surface area contributed by atoms with E-state index >= 15 is 0 Å². The van der Waals surface area contributed by atoms with E-state index in [-0.39, 0.29) is 12.3 Å². The van der Waals surface area contributed by atoms with Gasteiger partial charge in [0.05, 0.1) is 0 Å². The summed E-state index contributed by atoms with van der Waals surface area (Å²) in [6.45, 7) is 0. The molecular formula is C37H25N3OS. The molecule has 2 unspecified atom stereocenters. The molecular weight excluding hydrogens is 534 g/mol. The van der Waals surface area contributed by atoms with Crippen molar-refractivity contribution in [3.8, 4) is 0 Å². The first kappa shape index (κ1) is 23.7. The van der Waals surface area contributed by atoms with Crippen LogP contribution in [-0.2, 0) is 0 Å². The van der Waals surface area contributed by atoms with Crippen molar-refractivity contribution in [1.29, 1.82) is 0 Å². The van der Waals surface area contributed by atoms with E-state index < -0.39 is 0 Å². The Hall–Kier alpha value is -4.97. The molecule has 0 saturated carbocycles. The molecule has 200 valence electrons. The van der Waals surface area contributed by atoms with Gasteiger partial charge in [0.1, 0.15) is 29.3 Å². The highest BCUT2D eigenvalue weighted by Crippen LogP contribution is 2.38. The van der Waals surface area contributed by atoms with E-state index in [1.807, 2.05) is 11.3 Å². The summed E-state index contributed by atoms with van der Waals surface area (Å²) < 4.78 is 8.86. The molecule has 5 heteroatoms. The number of fused-ring (bicyclic) bond motifs is 8. The molecule has 8 aromatic rings. The summed E-state index contributed by atoms with van der Waals surface area (Å²) in [6.07, 6.45) is -0.307. The van der Waals surface area contributed by atoms with Crippen LogP contribution < -0.4 is 10.6 Å². The minimum Gasteiger partial charge on any atom is -0.456 e. The van der Waals surface area contributed by atoms with Gasteiger partial charge in [-0.1, -0.05) is 91.0 Å². The van der Waals surface area contributed by atoms with E-state index in [1.54, 1.807) is 0 Å². The van der Waals surface area contributed by atoms with Gasteiger partial charge in [-0.15, -0.1) is 11.3 Å². The Morgan fingerprint density at radius 3 is 2.31 bits per heavy atom. The predicted octanol–water partition coefficient (Wildman–Crippen LogP) is 9.44. The zero-order chi connectivity index (χ0) is 27.6. The first-order valence-corrected chi connectivity index (χ1v) is 15.0. The number of hydrogen-bond acceptors (Lipinski definition) is 5. The van der Waals surface area contributed by atoms with Gasteiger partial charge in [0, 0.05) is 36.5 Å². The number of nitrogens with zero attached hydrogens (tertiary/aromatic N) is 1. The van der Waals surface area contributed by atoms with Gasteiger partial charge < -0.3 is 9.73 Å². The lowest BCUT2D eigenvalue weighted by atomic mass is 10.0. The van der Waals surface area contributed by atoms with Crippen LogP contribution in [0.15, 0.2) is 137 Å². The first-order chi connectivity index (χ1) is 20.8. The quantitative estimate of drug-likeness (QED) is 0.227. The Labute approximate surface area is 245 Å². The van der Waals surface area contributed by atoms with Crippen molar-refractivity contribution in [1.82, 2.24) is 10.6 Å². The van der Waals surface area contributed by atoms with Crippen molar-refractivity contribution >= 4 is 70.1 Å². The molecule has 2 atom stereocenters. The Kier molecular flexibility index (Phi) is 5.24. The van der Waals surface area contributed by atoms with Crippen molar-refractivity contribution in [3.63, 3.8) is 0 Å². The molecule has 9 rings (SSSR count). The molecule has 1 aliphatic heterocycles. The van der Waals surface area contributed by atoms with Crippen LogP contribution in [0.4, 0.5) is 0 Å². The van der Waals surface area contributed by atoms with Crippen molar-refractivity contribution in [2.24, 2.45) is 4.99 Å². The molecule has 4 nitrogen and oxygen atoms in total. The fourth-order valence-electron chi connectivity index (χ4n) is 6.30. The van der Waals surface area contributed by atoms with Crippen LogP contribution in [0.1, 0.15) is 29.0 Å². The van der Waals surface area contributed by atoms with Gasteiger partial charge in [-0.3, -0.25) is 5.32 Å². The highest BCUT2D eigenvalue weighted by molar-refractivity contribution is 7.25.